The molecule has 8 nitrogen and oxygen atoms in total. The van der Waals surface area contributed by atoms with Crippen molar-refractivity contribution >= 4 is 23.5 Å². The standard InChI is InChI=1S/C28H32ClN5O.C2HF3O2/c1-33-15-13-31-26(33)24-16-20(19-6-3-2-4-7-19)11-14-34(24)27(35)22-17-30-18-28(22)12-5-8-23-21(28)9-10-25(29)32-23;3-2(4,5)1(6)7/h2-4,6-7,9-10,13,15,20,22,24,30H,5,8,11-12,14,16-18H2,1H3;(H,6,7)/t20-,22+,24+,28+;/m1./s1. The number of benzene rings is 1. The van der Waals surface area contributed by atoms with E-state index in [1.54, 1.807) is 0 Å². The maximum atomic E-state index is 14.4. The number of carboxylic acids is 1. The summed E-state index contributed by atoms with van der Waals surface area (Å²) in [5, 5.41) is 11.7. The Morgan fingerprint density at radius 2 is 1.90 bits per heavy atom. The highest BCUT2D eigenvalue weighted by atomic mass is 35.5. The summed E-state index contributed by atoms with van der Waals surface area (Å²) in [6.07, 6.45) is 3.55. The zero-order chi connectivity index (χ0) is 30.1. The van der Waals surface area contributed by atoms with Crippen LogP contribution in [-0.4, -0.2) is 57.1 Å². The second kappa shape index (κ2) is 12.0. The van der Waals surface area contributed by atoms with E-state index in [9.17, 15) is 18.0 Å². The predicted octanol–water partition coefficient (Wildman–Crippen LogP) is 2.68. The van der Waals surface area contributed by atoms with E-state index in [0.717, 1.165) is 63.3 Å². The normalized spacial score (nSPS) is 25.5. The fourth-order valence-electron chi connectivity index (χ4n) is 7.01. The quantitative estimate of drug-likeness (QED) is 0.463. The van der Waals surface area contributed by atoms with Crippen LogP contribution in [0.25, 0.3) is 0 Å². The van der Waals surface area contributed by atoms with E-state index < -0.39 is 12.1 Å². The van der Waals surface area contributed by atoms with Gasteiger partial charge in [-0.2, -0.15) is 13.2 Å². The summed E-state index contributed by atoms with van der Waals surface area (Å²) in [4.78, 5) is 34.8. The van der Waals surface area contributed by atoms with Gasteiger partial charge in [0.2, 0.25) is 5.91 Å². The molecule has 6 rings (SSSR count). The molecule has 1 aromatic carbocycles. The number of carboxylic acid groups (broad SMARTS) is 1. The van der Waals surface area contributed by atoms with E-state index in [2.05, 4.69) is 56.2 Å². The van der Waals surface area contributed by atoms with Crippen molar-refractivity contribution in [3.8, 4) is 0 Å². The van der Waals surface area contributed by atoms with Gasteiger partial charge in [-0.1, -0.05) is 48.0 Å². The molecule has 2 fully saturated rings. The van der Waals surface area contributed by atoms with Crippen molar-refractivity contribution < 1.29 is 33.2 Å². The molecule has 224 valence electrons. The van der Waals surface area contributed by atoms with Crippen LogP contribution in [0.3, 0.4) is 0 Å². The molecular weight excluding hydrogens is 571 g/mol. The van der Waals surface area contributed by atoms with Gasteiger partial charge in [-0.25, -0.2) is 9.97 Å². The van der Waals surface area contributed by atoms with Gasteiger partial charge in [0.05, 0.1) is 24.5 Å². The lowest BCUT2D eigenvalue weighted by molar-refractivity contribution is -0.640. The molecule has 0 unspecified atom stereocenters. The first-order valence-electron chi connectivity index (χ1n) is 14.1. The molecule has 0 radical (unpaired) electrons. The largest absolute Gasteiger partial charge is 0.542 e. The van der Waals surface area contributed by atoms with Gasteiger partial charge in [0, 0.05) is 31.7 Å². The molecule has 1 aliphatic carbocycles. The van der Waals surface area contributed by atoms with Gasteiger partial charge in [0.1, 0.15) is 22.9 Å². The molecule has 4 heterocycles. The maximum absolute atomic E-state index is 14.4. The smallest absolute Gasteiger partial charge is 0.430 e. The fraction of sp³-hybridized carbons (Fsp3) is 0.467. The minimum Gasteiger partial charge on any atom is -0.542 e. The molecule has 0 bridgehead atoms. The number of imidazole rings is 1. The highest BCUT2D eigenvalue weighted by Crippen LogP contribution is 2.46. The molecule has 3 aromatic rings. The number of quaternary nitrogens is 1. The van der Waals surface area contributed by atoms with Crippen LogP contribution < -0.4 is 10.4 Å². The zero-order valence-electron chi connectivity index (χ0n) is 23.2. The molecule has 3 aliphatic rings. The Balaban J connectivity index is 0.000000451. The van der Waals surface area contributed by atoms with E-state index in [1.807, 2.05) is 25.5 Å². The number of piperidine rings is 1. The zero-order valence-corrected chi connectivity index (χ0v) is 23.9. The molecule has 4 atom stereocenters. The maximum Gasteiger partial charge on any atom is 0.430 e. The first kappa shape index (κ1) is 30.0. The summed E-state index contributed by atoms with van der Waals surface area (Å²) in [6.45, 7) is 2.52. The third kappa shape index (κ3) is 5.89. The Hall–Kier alpha value is -3.44. The number of hydrogen-bond donors (Lipinski definition) is 1. The number of halogens is 4. The second-order valence-electron chi connectivity index (χ2n) is 11.3. The van der Waals surface area contributed by atoms with Crippen LogP contribution in [0.4, 0.5) is 13.2 Å². The van der Waals surface area contributed by atoms with Crippen molar-refractivity contribution in [2.75, 3.05) is 19.6 Å². The van der Waals surface area contributed by atoms with Crippen LogP contribution in [0.5, 0.6) is 0 Å². The van der Waals surface area contributed by atoms with E-state index in [0.29, 0.717) is 11.1 Å². The van der Waals surface area contributed by atoms with E-state index >= 15 is 0 Å². The predicted molar refractivity (Wildman–Crippen MR) is 146 cm³/mol. The number of amides is 1. The number of aryl methyl sites for hydroxylation is 2. The lowest BCUT2D eigenvalue weighted by Gasteiger charge is -2.43. The van der Waals surface area contributed by atoms with Gasteiger partial charge in [-0.05, 0) is 55.2 Å². The number of carbonyl (C=O) groups excluding carboxylic acids is 2. The second-order valence-corrected chi connectivity index (χ2v) is 11.7. The first-order chi connectivity index (χ1) is 20.0. The van der Waals surface area contributed by atoms with Crippen LogP contribution in [0.2, 0.25) is 5.15 Å². The highest BCUT2D eigenvalue weighted by molar-refractivity contribution is 6.29. The average molecular weight is 604 g/mol. The number of pyridine rings is 1. The third-order valence-corrected chi connectivity index (χ3v) is 9.14. The van der Waals surface area contributed by atoms with E-state index in [-0.39, 0.29) is 23.3 Å². The number of aromatic nitrogens is 3. The molecule has 0 saturated carbocycles. The number of alkyl halides is 3. The summed E-state index contributed by atoms with van der Waals surface area (Å²) >= 11 is 6.24. The SMILES string of the molecule is Cn1ccnc1[C@@H]1C[C@H](c2ccccc2)CCN1C(=O)[C@@H]1C[NH2+]C[C@]12CCCc1nc(Cl)ccc12.O=C([O-])C(F)(F)F. The number of hydrogen-bond acceptors (Lipinski definition) is 5. The Labute approximate surface area is 246 Å². The molecule has 1 amide bonds. The van der Waals surface area contributed by atoms with Crippen molar-refractivity contribution in [2.24, 2.45) is 13.0 Å². The number of likely N-dealkylation sites (tertiary alicyclic amines) is 1. The molecule has 2 aromatic heterocycles. The molecule has 1 spiro atoms. The van der Waals surface area contributed by atoms with Gasteiger partial charge in [-0.3, -0.25) is 4.79 Å². The number of carbonyl (C=O) groups is 2. The minimum atomic E-state index is -5.19. The third-order valence-electron chi connectivity index (χ3n) is 8.93. The van der Waals surface area contributed by atoms with Gasteiger partial charge >= 0.3 is 6.18 Å². The molecule has 2 N–H and O–H groups in total. The Morgan fingerprint density at radius 1 is 1.17 bits per heavy atom. The van der Waals surface area contributed by atoms with Crippen molar-refractivity contribution in [1.29, 1.82) is 0 Å². The highest BCUT2D eigenvalue weighted by Gasteiger charge is 2.55. The van der Waals surface area contributed by atoms with E-state index in [1.165, 1.54) is 11.1 Å². The lowest BCUT2D eigenvalue weighted by Crippen LogP contribution is -2.82. The number of rotatable bonds is 3. The Morgan fingerprint density at radius 3 is 2.57 bits per heavy atom. The molecule has 2 aliphatic heterocycles. The summed E-state index contributed by atoms with van der Waals surface area (Å²) < 4.78 is 33.6. The van der Waals surface area contributed by atoms with E-state index in [4.69, 9.17) is 26.5 Å². The average Bonchev–Trinajstić information content (AvgIpc) is 3.59. The van der Waals surface area contributed by atoms with Crippen LogP contribution in [0.15, 0.2) is 54.9 Å². The van der Waals surface area contributed by atoms with Crippen LogP contribution >= 0.6 is 11.6 Å². The number of aliphatic carboxylic acids is 1. The number of nitrogens with two attached hydrogens (primary N) is 1. The summed E-state index contributed by atoms with van der Waals surface area (Å²) in [5.41, 5.74) is 3.52. The van der Waals surface area contributed by atoms with Crippen LogP contribution in [-0.2, 0) is 28.5 Å². The van der Waals surface area contributed by atoms with Gasteiger partial charge in [0.25, 0.3) is 0 Å². The molecular formula is C30H33ClF3N5O3. The van der Waals surface area contributed by atoms with Crippen molar-refractivity contribution in [3.05, 3.63) is 82.7 Å². The van der Waals surface area contributed by atoms with Gasteiger partial charge in [-0.15, -0.1) is 0 Å². The van der Waals surface area contributed by atoms with Crippen LogP contribution in [0.1, 0.15) is 60.3 Å². The Kier molecular flexibility index (Phi) is 8.61. The monoisotopic (exact) mass is 603 g/mol. The molecule has 12 heteroatoms. The topological polar surface area (TPSA) is 108 Å². The summed E-state index contributed by atoms with van der Waals surface area (Å²) in [7, 11) is 2.04. The van der Waals surface area contributed by atoms with Gasteiger partial charge in [0.15, 0.2) is 0 Å². The first-order valence-corrected chi connectivity index (χ1v) is 14.5. The fourth-order valence-corrected chi connectivity index (χ4v) is 7.18. The number of fused-ring (bicyclic) bond motifs is 2. The van der Waals surface area contributed by atoms with Crippen molar-refractivity contribution in [2.45, 2.75) is 55.7 Å². The van der Waals surface area contributed by atoms with Crippen molar-refractivity contribution in [3.63, 3.8) is 0 Å². The lowest BCUT2D eigenvalue weighted by atomic mass is 9.65. The number of nitrogens with zero attached hydrogens (tertiary/aromatic N) is 4. The Bertz CT molecular complexity index is 1430. The minimum absolute atomic E-state index is 0.0227. The summed E-state index contributed by atoms with van der Waals surface area (Å²) in [6, 6.07) is 14.7. The van der Waals surface area contributed by atoms with Crippen LogP contribution in [0, 0.1) is 5.92 Å². The molecule has 42 heavy (non-hydrogen) atoms. The summed E-state index contributed by atoms with van der Waals surface area (Å²) in [5.74, 6) is -1.38. The van der Waals surface area contributed by atoms with Crippen molar-refractivity contribution in [1.82, 2.24) is 19.4 Å². The van der Waals surface area contributed by atoms with Gasteiger partial charge < -0.3 is 24.7 Å². The molecule has 2 saturated heterocycles.